The molecule has 0 bridgehead atoms. The molecule has 2 aliphatic rings. The van der Waals surface area contributed by atoms with Crippen molar-refractivity contribution in [2.45, 2.75) is 70.5 Å². The SMILES string of the molecule is CC1(C)OB(c2ccc(-c3ccc([C@@H]4[C@@H](CC[C@H](O)c5ccc(F)cc5)C(=O)N4c4ccccc4)c(OCc4ccccc4)c3)cc2)OC1(C)C. The van der Waals surface area contributed by atoms with Gasteiger partial charge in [0.2, 0.25) is 5.91 Å². The van der Waals surface area contributed by atoms with Crippen molar-refractivity contribution in [1.82, 2.24) is 0 Å². The molecule has 1 amide bonds. The number of ether oxygens (including phenoxy) is 1. The highest BCUT2D eigenvalue weighted by molar-refractivity contribution is 6.62. The van der Waals surface area contributed by atoms with Crippen molar-refractivity contribution in [3.63, 3.8) is 0 Å². The largest absolute Gasteiger partial charge is 0.494 e. The third-order valence-corrected chi connectivity index (χ3v) is 10.6. The van der Waals surface area contributed by atoms with Crippen LogP contribution in [0.3, 0.4) is 0 Å². The highest BCUT2D eigenvalue weighted by atomic mass is 19.1. The summed E-state index contributed by atoms with van der Waals surface area (Å²) in [7, 11) is -0.449. The van der Waals surface area contributed by atoms with Gasteiger partial charge in [0.15, 0.2) is 0 Å². The van der Waals surface area contributed by atoms with E-state index >= 15 is 0 Å². The van der Waals surface area contributed by atoms with Crippen LogP contribution in [0.15, 0.2) is 127 Å². The van der Waals surface area contributed by atoms with Gasteiger partial charge in [0.25, 0.3) is 0 Å². The van der Waals surface area contributed by atoms with Gasteiger partial charge in [-0.15, -0.1) is 0 Å². The lowest BCUT2D eigenvalue weighted by Crippen LogP contribution is -2.55. The molecular formula is C43H43BFNO5. The molecular weight excluding hydrogens is 640 g/mol. The lowest BCUT2D eigenvalue weighted by Gasteiger charge is -2.48. The third kappa shape index (κ3) is 7.09. The Morgan fingerprint density at radius 2 is 1.41 bits per heavy atom. The molecule has 5 aromatic rings. The predicted molar refractivity (Wildman–Crippen MR) is 199 cm³/mol. The molecule has 5 aromatic carbocycles. The van der Waals surface area contributed by atoms with Crippen LogP contribution in [0.1, 0.15) is 69.4 Å². The first kappa shape index (κ1) is 34.7. The van der Waals surface area contributed by atoms with Crippen molar-refractivity contribution in [3.05, 3.63) is 150 Å². The van der Waals surface area contributed by atoms with Gasteiger partial charge in [0, 0.05) is 11.3 Å². The van der Waals surface area contributed by atoms with Gasteiger partial charge in [0.05, 0.1) is 29.3 Å². The lowest BCUT2D eigenvalue weighted by atomic mass is 9.77. The molecule has 6 nitrogen and oxygen atoms in total. The molecule has 51 heavy (non-hydrogen) atoms. The zero-order valence-electron chi connectivity index (χ0n) is 29.5. The van der Waals surface area contributed by atoms with Crippen LogP contribution in [0.25, 0.3) is 11.1 Å². The number of anilines is 1. The fraction of sp³-hybridized carbons (Fsp3) is 0.279. The lowest BCUT2D eigenvalue weighted by molar-refractivity contribution is -0.131. The Kier molecular flexibility index (Phi) is 9.59. The van der Waals surface area contributed by atoms with Crippen LogP contribution in [-0.2, 0) is 20.7 Å². The second-order valence-corrected chi connectivity index (χ2v) is 14.5. The zero-order chi connectivity index (χ0) is 35.8. The van der Waals surface area contributed by atoms with Crippen LogP contribution in [0, 0.1) is 11.7 Å². The number of carbonyl (C=O) groups excluding carboxylic acids is 1. The molecule has 0 unspecified atom stereocenters. The fourth-order valence-electron chi connectivity index (χ4n) is 6.88. The summed E-state index contributed by atoms with van der Waals surface area (Å²) in [6.07, 6.45) is -0.0126. The van der Waals surface area contributed by atoms with Crippen molar-refractivity contribution >= 4 is 24.2 Å². The minimum Gasteiger partial charge on any atom is -0.489 e. The number of nitrogens with zero attached hydrogens (tertiary/aromatic N) is 1. The third-order valence-electron chi connectivity index (χ3n) is 10.6. The fourth-order valence-corrected chi connectivity index (χ4v) is 6.88. The maximum Gasteiger partial charge on any atom is 0.494 e. The van der Waals surface area contributed by atoms with Crippen LogP contribution in [0.5, 0.6) is 5.75 Å². The smallest absolute Gasteiger partial charge is 0.489 e. The number of aliphatic hydroxyl groups is 1. The van der Waals surface area contributed by atoms with Crippen LogP contribution in [0.2, 0.25) is 0 Å². The number of para-hydroxylation sites is 1. The second-order valence-electron chi connectivity index (χ2n) is 14.5. The summed E-state index contributed by atoms with van der Waals surface area (Å²) in [5.41, 5.74) is 5.44. The molecule has 0 saturated carbocycles. The average molecular weight is 684 g/mol. The molecule has 2 fully saturated rings. The average Bonchev–Trinajstić information content (AvgIpc) is 3.36. The van der Waals surface area contributed by atoms with E-state index in [1.807, 2.05) is 105 Å². The minimum absolute atomic E-state index is 0.00566. The molecule has 2 saturated heterocycles. The molecule has 0 aromatic heterocycles. The number of hydrogen-bond donors (Lipinski definition) is 1. The first-order valence-electron chi connectivity index (χ1n) is 17.6. The van der Waals surface area contributed by atoms with Crippen molar-refractivity contribution in [1.29, 1.82) is 0 Å². The maximum atomic E-state index is 13.9. The van der Waals surface area contributed by atoms with E-state index in [0.717, 1.165) is 33.4 Å². The monoisotopic (exact) mass is 683 g/mol. The molecule has 3 atom stereocenters. The zero-order valence-corrected chi connectivity index (χ0v) is 29.5. The molecule has 8 heteroatoms. The number of rotatable bonds is 11. The molecule has 260 valence electrons. The number of β-lactam (4-membered cyclic amide) rings is 1. The quantitative estimate of drug-likeness (QED) is 0.112. The summed E-state index contributed by atoms with van der Waals surface area (Å²) < 4.78 is 32.7. The Bertz CT molecular complexity index is 1950. The summed E-state index contributed by atoms with van der Waals surface area (Å²) in [6, 6.07) is 39.6. The summed E-state index contributed by atoms with van der Waals surface area (Å²) >= 11 is 0. The van der Waals surface area contributed by atoms with Gasteiger partial charge in [-0.2, -0.15) is 0 Å². The summed E-state index contributed by atoms with van der Waals surface area (Å²) in [5, 5.41) is 11.0. The Morgan fingerprint density at radius 3 is 2.06 bits per heavy atom. The van der Waals surface area contributed by atoms with E-state index in [4.69, 9.17) is 14.0 Å². The Hall–Kier alpha value is -4.76. The summed E-state index contributed by atoms with van der Waals surface area (Å²) in [4.78, 5) is 15.7. The van der Waals surface area contributed by atoms with E-state index in [-0.39, 0.29) is 23.7 Å². The molecule has 0 radical (unpaired) electrons. The number of amides is 1. The predicted octanol–water partition coefficient (Wildman–Crippen LogP) is 8.59. The molecule has 0 aliphatic carbocycles. The van der Waals surface area contributed by atoms with E-state index in [2.05, 4.69) is 30.3 Å². The van der Waals surface area contributed by atoms with Gasteiger partial charge in [0.1, 0.15) is 18.2 Å². The summed E-state index contributed by atoms with van der Waals surface area (Å²) in [5.74, 6) is -0.0572. The van der Waals surface area contributed by atoms with Crippen molar-refractivity contribution in [2.24, 2.45) is 5.92 Å². The van der Waals surface area contributed by atoms with Gasteiger partial charge in [-0.3, -0.25) is 4.79 Å². The van der Waals surface area contributed by atoms with E-state index in [1.54, 1.807) is 12.1 Å². The van der Waals surface area contributed by atoms with Gasteiger partial charge in [-0.1, -0.05) is 97.1 Å². The number of halogens is 1. The Morgan fingerprint density at radius 1 is 0.804 bits per heavy atom. The van der Waals surface area contributed by atoms with Crippen LogP contribution in [-0.4, -0.2) is 29.3 Å². The van der Waals surface area contributed by atoms with Gasteiger partial charge >= 0.3 is 7.12 Å². The first-order chi connectivity index (χ1) is 24.5. The molecule has 7 rings (SSSR count). The molecule has 1 N–H and O–H groups in total. The first-order valence-corrected chi connectivity index (χ1v) is 17.6. The van der Waals surface area contributed by atoms with Gasteiger partial charge in [-0.25, -0.2) is 4.39 Å². The second kappa shape index (κ2) is 14.1. The van der Waals surface area contributed by atoms with Crippen molar-refractivity contribution in [2.75, 3.05) is 4.90 Å². The van der Waals surface area contributed by atoms with Crippen LogP contribution in [0.4, 0.5) is 10.1 Å². The van der Waals surface area contributed by atoms with E-state index in [0.29, 0.717) is 30.8 Å². The minimum atomic E-state index is -0.818. The van der Waals surface area contributed by atoms with E-state index < -0.39 is 24.4 Å². The van der Waals surface area contributed by atoms with Crippen molar-refractivity contribution in [3.8, 4) is 16.9 Å². The topological polar surface area (TPSA) is 68.2 Å². The van der Waals surface area contributed by atoms with Crippen molar-refractivity contribution < 1.29 is 28.3 Å². The van der Waals surface area contributed by atoms with Crippen LogP contribution >= 0.6 is 0 Å². The summed E-state index contributed by atoms with van der Waals surface area (Å²) in [6.45, 7) is 8.55. The highest BCUT2D eigenvalue weighted by Gasteiger charge is 2.52. The number of carbonyl (C=O) groups is 1. The number of hydrogen-bond acceptors (Lipinski definition) is 5. The van der Waals surface area contributed by atoms with Crippen LogP contribution < -0.4 is 15.1 Å². The molecule has 0 spiro atoms. The van der Waals surface area contributed by atoms with E-state index in [1.165, 1.54) is 12.1 Å². The Balaban J connectivity index is 1.21. The number of benzene rings is 5. The standard InChI is InChI=1S/C43H43BFNO5/c1-42(2)43(3,4)51-44(50-42)33-20-15-30(16-21-33)32-19-24-36(39(27-32)49-28-29-11-7-5-8-12-29)40-37(41(48)46(40)35-13-9-6-10-14-35)25-26-38(47)31-17-22-34(45)23-18-31/h5-24,27,37-38,40,47H,25-26,28H2,1-4H3/t37-,38+,40-/m1/s1. The van der Waals surface area contributed by atoms with E-state index in [9.17, 15) is 14.3 Å². The highest BCUT2D eigenvalue weighted by Crippen LogP contribution is 2.49. The maximum absolute atomic E-state index is 13.9. The normalized spacial score (nSPS) is 19.8. The Labute approximate surface area is 300 Å². The number of aliphatic hydroxyl groups excluding tert-OH is 1. The molecule has 2 heterocycles. The molecule has 2 aliphatic heterocycles. The van der Waals surface area contributed by atoms with Gasteiger partial charge in [-0.05, 0) is 98.6 Å². The van der Waals surface area contributed by atoms with Gasteiger partial charge < -0.3 is 24.1 Å².